The van der Waals surface area contributed by atoms with E-state index < -0.39 is 15.6 Å². The smallest absolute Gasteiger partial charge is 0.381 e. The van der Waals surface area contributed by atoms with Crippen LogP contribution in [0.4, 0.5) is 13.2 Å². The van der Waals surface area contributed by atoms with Gasteiger partial charge in [0.2, 0.25) is 0 Å². The standard InChI is InChI=1S/C18H23F3O4S/c1-17-9-8-14(24-2)11-13(17)5-3-4-12-10-15(6-7-16(12)17)25-26(22,23)18(19,20)21/h6-7,10,13-14H,3-5,8-9,11H2,1-2H3. The van der Waals surface area contributed by atoms with Crippen molar-refractivity contribution in [2.45, 2.75) is 62.5 Å². The summed E-state index contributed by atoms with van der Waals surface area (Å²) < 4.78 is 70.0. The lowest BCUT2D eigenvalue weighted by atomic mass is 9.62. The molecule has 2 aliphatic carbocycles. The lowest BCUT2D eigenvalue weighted by molar-refractivity contribution is -0.0500. The largest absolute Gasteiger partial charge is 0.534 e. The Hall–Kier alpha value is -1.28. The Morgan fingerprint density at radius 2 is 1.96 bits per heavy atom. The topological polar surface area (TPSA) is 52.6 Å². The highest BCUT2D eigenvalue weighted by Crippen LogP contribution is 2.50. The van der Waals surface area contributed by atoms with Crippen LogP contribution in [0.5, 0.6) is 5.75 Å². The first-order valence-electron chi connectivity index (χ1n) is 8.74. The van der Waals surface area contributed by atoms with E-state index in [1.165, 1.54) is 12.1 Å². The average molecular weight is 392 g/mol. The monoisotopic (exact) mass is 392 g/mol. The Labute approximate surface area is 151 Å². The molecular weight excluding hydrogens is 369 g/mol. The summed E-state index contributed by atoms with van der Waals surface area (Å²) in [6.07, 6.45) is 5.69. The van der Waals surface area contributed by atoms with E-state index in [4.69, 9.17) is 4.74 Å². The lowest BCUT2D eigenvalue weighted by Gasteiger charge is -2.44. The van der Waals surface area contributed by atoms with Gasteiger partial charge in [0.15, 0.2) is 0 Å². The molecule has 1 aromatic rings. The number of halogens is 3. The Morgan fingerprint density at radius 1 is 1.23 bits per heavy atom. The van der Waals surface area contributed by atoms with Gasteiger partial charge in [0, 0.05) is 7.11 Å². The van der Waals surface area contributed by atoms with Gasteiger partial charge in [-0.1, -0.05) is 13.0 Å². The molecule has 2 aliphatic rings. The molecule has 26 heavy (non-hydrogen) atoms. The summed E-state index contributed by atoms with van der Waals surface area (Å²) in [5, 5.41) is 0. The molecule has 8 heteroatoms. The Balaban J connectivity index is 1.92. The van der Waals surface area contributed by atoms with Crippen molar-refractivity contribution in [3.05, 3.63) is 29.3 Å². The minimum Gasteiger partial charge on any atom is -0.381 e. The maximum absolute atomic E-state index is 12.6. The molecule has 0 saturated heterocycles. The fraction of sp³-hybridized carbons (Fsp3) is 0.667. The molecule has 3 unspecified atom stereocenters. The van der Waals surface area contributed by atoms with Gasteiger partial charge in [-0.15, -0.1) is 0 Å². The number of fused-ring (bicyclic) bond motifs is 3. The van der Waals surface area contributed by atoms with Crippen LogP contribution < -0.4 is 4.18 Å². The van der Waals surface area contributed by atoms with Gasteiger partial charge >= 0.3 is 15.6 Å². The molecule has 0 amide bonds. The lowest BCUT2D eigenvalue weighted by Crippen LogP contribution is -2.40. The minimum absolute atomic E-state index is 0.0811. The predicted molar refractivity (Wildman–Crippen MR) is 90.5 cm³/mol. The van der Waals surface area contributed by atoms with Crippen LogP contribution in [-0.4, -0.2) is 27.1 Å². The van der Waals surface area contributed by atoms with Gasteiger partial charge in [0.1, 0.15) is 5.75 Å². The number of hydrogen-bond acceptors (Lipinski definition) is 4. The second kappa shape index (κ2) is 6.71. The van der Waals surface area contributed by atoms with Crippen LogP contribution in [0.15, 0.2) is 18.2 Å². The van der Waals surface area contributed by atoms with E-state index in [9.17, 15) is 21.6 Å². The number of hydrogen-bond donors (Lipinski definition) is 0. The zero-order chi connectivity index (χ0) is 19.2. The van der Waals surface area contributed by atoms with E-state index in [2.05, 4.69) is 11.1 Å². The minimum atomic E-state index is -5.65. The van der Waals surface area contributed by atoms with E-state index in [-0.39, 0.29) is 17.3 Å². The van der Waals surface area contributed by atoms with Gasteiger partial charge in [-0.3, -0.25) is 0 Å². The molecule has 3 rings (SSSR count). The molecule has 1 saturated carbocycles. The second-order valence-electron chi connectivity index (χ2n) is 7.44. The van der Waals surface area contributed by atoms with E-state index in [0.717, 1.165) is 43.2 Å². The number of benzene rings is 1. The molecule has 4 nitrogen and oxygen atoms in total. The van der Waals surface area contributed by atoms with Crippen molar-refractivity contribution in [1.82, 2.24) is 0 Å². The molecular formula is C18H23F3O4S. The number of ether oxygens (including phenoxy) is 1. The van der Waals surface area contributed by atoms with Crippen LogP contribution in [0, 0.1) is 5.92 Å². The second-order valence-corrected chi connectivity index (χ2v) is 8.98. The van der Waals surface area contributed by atoms with E-state index in [1.807, 2.05) is 0 Å². The maximum Gasteiger partial charge on any atom is 0.534 e. The van der Waals surface area contributed by atoms with Gasteiger partial charge in [-0.05, 0) is 73.1 Å². The third kappa shape index (κ3) is 3.45. The van der Waals surface area contributed by atoms with E-state index in [1.54, 1.807) is 13.2 Å². The normalized spacial score (nSPS) is 29.4. The summed E-state index contributed by atoms with van der Waals surface area (Å²) in [6.45, 7) is 2.20. The van der Waals surface area contributed by atoms with Gasteiger partial charge in [-0.2, -0.15) is 21.6 Å². The van der Waals surface area contributed by atoms with Crippen LogP contribution in [-0.2, 0) is 26.7 Å². The fourth-order valence-corrected chi connectivity index (χ4v) is 4.92. The van der Waals surface area contributed by atoms with Crippen molar-refractivity contribution in [2.24, 2.45) is 5.92 Å². The summed E-state index contributed by atoms with van der Waals surface area (Å²) >= 11 is 0. The summed E-state index contributed by atoms with van der Waals surface area (Å²) in [7, 11) is -3.93. The summed E-state index contributed by atoms with van der Waals surface area (Å²) in [5.41, 5.74) is -3.55. The van der Waals surface area contributed by atoms with Crippen LogP contribution in [0.2, 0.25) is 0 Å². The summed E-state index contributed by atoms with van der Waals surface area (Å²) in [4.78, 5) is 0. The van der Waals surface area contributed by atoms with E-state index in [0.29, 0.717) is 12.3 Å². The molecule has 0 aromatic heterocycles. The molecule has 0 N–H and O–H groups in total. The predicted octanol–water partition coefficient (Wildman–Crippen LogP) is 4.32. The van der Waals surface area contributed by atoms with Gasteiger partial charge < -0.3 is 8.92 Å². The number of alkyl halides is 3. The van der Waals surface area contributed by atoms with Crippen molar-refractivity contribution in [1.29, 1.82) is 0 Å². The molecule has 146 valence electrons. The quantitative estimate of drug-likeness (QED) is 0.568. The van der Waals surface area contributed by atoms with Crippen molar-refractivity contribution in [3.8, 4) is 5.75 Å². The third-order valence-corrected chi connectivity index (χ3v) is 6.93. The average Bonchev–Trinajstić information content (AvgIpc) is 2.68. The zero-order valence-corrected chi connectivity index (χ0v) is 15.6. The van der Waals surface area contributed by atoms with Gasteiger partial charge in [-0.25, -0.2) is 0 Å². The first kappa shape index (κ1) is 19.5. The molecule has 3 atom stereocenters. The first-order valence-corrected chi connectivity index (χ1v) is 10.1. The first-order chi connectivity index (χ1) is 12.1. The van der Waals surface area contributed by atoms with Gasteiger partial charge in [0.05, 0.1) is 6.10 Å². The molecule has 0 aliphatic heterocycles. The summed E-state index contributed by atoms with van der Waals surface area (Å²) in [6, 6.07) is 4.52. The van der Waals surface area contributed by atoms with Crippen LogP contribution in [0.3, 0.4) is 0 Å². The number of methoxy groups -OCH3 is 1. The SMILES string of the molecule is COC1CCC2(C)c3ccc(OS(=O)(=O)C(F)(F)F)cc3CCCC2C1. The molecule has 0 heterocycles. The highest BCUT2D eigenvalue weighted by atomic mass is 32.2. The number of aryl methyl sites for hydroxylation is 1. The van der Waals surface area contributed by atoms with Crippen molar-refractivity contribution in [3.63, 3.8) is 0 Å². The third-order valence-electron chi connectivity index (χ3n) is 5.95. The van der Waals surface area contributed by atoms with Crippen LogP contribution >= 0.6 is 0 Å². The molecule has 1 fully saturated rings. The molecule has 0 bridgehead atoms. The van der Waals surface area contributed by atoms with Crippen LogP contribution in [0.25, 0.3) is 0 Å². The van der Waals surface area contributed by atoms with Crippen molar-refractivity contribution >= 4 is 10.1 Å². The maximum atomic E-state index is 12.6. The summed E-state index contributed by atoms with van der Waals surface area (Å²) in [5.74, 6) is 0.154. The molecule has 0 radical (unpaired) electrons. The zero-order valence-electron chi connectivity index (χ0n) is 14.8. The molecule has 1 aromatic carbocycles. The van der Waals surface area contributed by atoms with Crippen molar-refractivity contribution in [2.75, 3.05) is 7.11 Å². The highest BCUT2D eigenvalue weighted by molar-refractivity contribution is 7.88. The van der Waals surface area contributed by atoms with E-state index >= 15 is 0 Å². The molecule has 0 spiro atoms. The fourth-order valence-electron chi connectivity index (χ4n) is 4.46. The Kier molecular flexibility index (Phi) is 5.03. The number of rotatable bonds is 3. The highest BCUT2D eigenvalue weighted by Gasteiger charge is 2.49. The Morgan fingerprint density at radius 3 is 2.62 bits per heavy atom. The van der Waals surface area contributed by atoms with Crippen molar-refractivity contribution < 1.29 is 30.5 Å². The van der Waals surface area contributed by atoms with Gasteiger partial charge in [0.25, 0.3) is 0 Å². The van der Waals surface area contributed by atoms with Crippen LogP contribution in [0.1, 0.15) is 50.2 Å². The Bertz CT molecular complexity index is 775.